The smallest absolute Gasteiger partial charge is 0.337 e. The number of azo groups is 1. The number of amidine groups is 1. The fraction of sp³-hybridized carbons (Fsp3) is 0.0606. The summed E-state index contributed by atoms with van der Waals surface area (Å²) in [6, 6.07) is 15.7. The third kappa shape index (κ3) is 12.2. The number of hydrogen-bond donors (Lipinski definition) is 7. The number of nitrogens with one attached hydrogen (secondary N) is 3. The van der Waals surface area contributed by atoms with E-state index >= 15 is 0 Å². The molecule has 0 aliphatic carbocycles. The summed E-state index contributed by atoms with van der Waals surface area (Å²) in [7, 11) is -12.6. The van der Waals surface area contributed by atoms with Gasteiger partial charge in [-0.05, 0) is 84.4 Å². The Morgan fingerprint density at radius 1 is 0.885 bits per heavy atom. The molecule has 0 aliphatic heterocycles. The summed E-state index contributed by atoms with van der Waals surface area (Å²) in [6.07, 6.45) is 0. The van der Waals surface area contributed by atoms with Crippen molar-refractivity contribution in [3.63, 3.8) is 0 Å². The van der Waals surface area contributed by atoms with Crippen molar-refractivity contribution < 1.29 is 59.4 Å². The molecule has 320 valence electrons. The number of nitrogens with zero attached hydrogens (tertiary/aromatic N) is 6. The van der Waals surface area contributed by atoms with Crippen LogP contribution in [0.15, 0.2) is 126 Å². The predicted molar refractivity (Wildman–Crippen MR) is 221 cm³/mol. The molecule has 7 N–H and O–H groups in total. The van der Waals surface area contributed by atoms with Crippen molar-refractivity contribution in [2.45, 2.75) is 19.6 Å². The first-order chi connectivity index (χ1) is 28.8. The monoisotopic (exact) mass is 955 g/mol. The third-order valence-electron chi connectivity index (χ3n) is 7.59. The van der Waals surface area contributed by atoms with Gasteiger partial charge in [0.1, 0.15) is 5.69 Å². The van der Waals surface area contributed by atoms with E-state index in [0.29, 0.717) is 12.0 Å². The average Bonchev–Trinajstić information content (AvgIpc) is 3.20. The molecular weight excluding hydrogens is 930 g/mol. The minimum absolute atomic E-state index is 0.0525. The minimum Gasteiger partial charge on any atom is -0.504 e. The number of carboxylic acids is 1. The number of benzene rings is 4. The van der Waals surface area contributed by atoms with E-state index in [-0.39, 0.29) is 54.8 Å². The summed E-state index contributed by atoms with van der Waals surface area (Å²) in [5.41, 5.74) is 1.20. The quantitative estimate of drug-likeness (QED) is 0.00561. The zero-order valence-corrected chi connectivity index (χ0v) is 35.0. The first kappa shape index (κ1) is 46.3. The summed E-state index contributed by atoms with van der Waals surface area (Å²) in [6.45, 7) is 3.29. The minimum atomic E-state index is -5.02. The molecule has 0 saturated carbocycles. The van der Waals surface area contributed by atoms with Gasteiger partial charge in [0.15, 0.2) is 25.4 Å². The molecule has 0 atom stereocenters. The highest BCUT2D eigenvalue weighted by Gasteiger charge is 2.21. The van der Waals surface area contributed by atoms with E-state index in [2.05, 4.69) is 62.3 Å². The lowest BCUT2D eigenvalue weighted by Crippen LogP contribution is -2.09. The molecule has 5 aromatic rings. The number of carbonyl (C=O) groups is 1. The van der Waals surface area contributed by atoms with Crippen molar-refractivity contribution in [1.29, 1.82) is 0 Å². The molecule has 0 aliphatic rings. The van der Waals surface area contributed by atoms with Crippen LogP contribution in [-0.4, -0.2) is 83.7 Å². The number of alkyl halides is 1. The summed E-state index contributed by atoms with van der Waals surface area (Å²) >= 11 is 12.3. The number of sulfone groups is 2. The molecule has 22 nitrogen and oxygen atoms in total. The molecule has 4 aromatic carbocycles. The molecule has 1 aromatic heterocycles. The van der Waals surface area contributed by atoms with Crippen molar-refractivity contribution in [3.8, 4) is 5.75 Å². The molecule has 0 amide bonds. The molecule has 0 bridgehead atoms. The molecule has 61 heavy (non-hydrogen) atoms. The first-order valence-corrected chi connectivity index (χ1v) is 22.6. The number of aromatic nitrogens is 3. The van der Waals surface area contributed by atoms with Gasteiger partial charge in [-0.15, -0.1) is 26.2 Å². The zero-order valence-electron chi connectivity index (χ0n) is 30.2. The molecule has 0 spiro atoms. The highest BCUT2D eigenvalue weighted by Crippen LogP contribution is 2.39. The lowest BCUT2D eigenvalue weighted by Gasteiger charge is -2.12. The summed E-state index contributed by atoms with van der Waals surface area (Å²) < 4.78 is 88.9. The molecular formula is C33H27Cl2N9O13S4. The fourth-order valence-electron chi connectivity index (χ4n) is 4.77. The number of rotatable bonds is 18. The predicted octanol–water partition coefficient (Wildman–Crippen LogP) is 6.58. The number of phenolic OH excluding ortho intramolecular Hbond substituents is 1. The SMILES string of the molecule is C=CS(=O)(=O)c1cccc(Nc2nc(Cl)nc(Nc3cc(S(=O)(=O)O)cc(N=N/C(=N\Nc4cc(SOOO)ccc4C(=O)O)c4ccc(S(=O)(=O)CCCl)cc4)c3O)n2)c1. The van der Waals surface area contributed by atoms with E-state index in [4.69, 9.17) is 28.5 Å². The third-order valence-corrected chi connectivity index (χ3v) is 12.7. The van der Waals surface area contributed by atoms with Gasteiger partial charge >= 0.3 is 5.97 Å². The van der Waals surface area contributed by atoms with E-state index in [1.54, 1.807) is 0 Å². The van der Waals surface area contributed by atoms with E-state index in [9.17, 15) is 44.8 Å². The second-order valence-electron chi connectivity index (χ2n) is 11.6. The highest BCUT2D eigenvalue weighted by atomic mass is 35.5. The topological polar surface area (TPSA) is 331 Å². The first-order valence-electron chi connectivity index (χ1n) is 16.3. The van der Waals surface area contributed by atoms with Gasteiger partial charge in [-0.1, -0.05) is 17.7 Å². The number of hydrogen-bond acceptors (Lipinski definition) is 20. The van der Waals surface area contributed by atoms with Gasteiger partial charge in [0, 0.05) is 27.4 Å². The maximum absolute atomic E-state index is 12.6. The fourth-order valence-corrected chi connectivity index (χ4v) is 8.21. The van der Waals surface area contributed by atoms with Crippen LogP contribution < -0.4 is 16.1 Å². The van der Waals surface area contributed by atoms with Gasteiger partial charge < -0.3 is 20.8 Å². The zero-order chi connectivity index (χ0) is 44.5. The molecule has 0 radical (unpaired) electrons. The molecule has 0 unspecified atom stereocenters. The number of phenols is 1. The van der Waals surface area contributed by atoms with Gasteiger partial charge in [-0.25, -0.2) is 26.9 Å². The largest absolute Gasteiger partial charge is 0.504 e. The molecule has 0 fully saturated rings. The Morgan fingerprint density at radius 2 is 1.59 bits per heavy atom. The van der Waals surface area contributed by atoms with Crippen molar-refractivity contribution in [2.24, 2.45) is 15.3 Å². The van der Waals surface area contributed by atoms with Crippen LogP contribution >= 0.6 is 35.2 Å². The summed E-state index contributed by atoms with van der Waals surface area (Å²) in [5.74, 6) is -3.80. The van der Waals surface area contributed by atoms with Gasteiger partial charge in [0.2, 0.25) is 23.0 Å². The average molecular weight is 957 g/mol. The van der Waals surface area contributed by atoms with E-state index in [1.165, 1.54) is 66.7 Å². The van der Waals surface area contributed by atoms with E-state index in [0.717, 1.165) is 17.5 Å². The number of hydrazone groups is 1. The van der Waals surface area contributed by atoms with Crippen LogP contribution in [-0.2, 0) is 39.2 Å². The van der Waals surface area contributed by atoms with Crippen molar-refractivity contribution in [2.75, 3.05) is 27.7 Å². The molecule has 28 heteroatoms. The standard InChI is InChI=1S/C33H27Cl2N9O13S4/c1-2-59(49,50)22-5-3-4-19(14-22)36-32-38-31(35)39-33(40-32)37-26-16-23(61(53,54)55)17-27(28(26)45)42-44-29(18-6-9-21(10-7-18)60(51,52)13-12-34)43-41-25-15-20(58-57-56-48)8-11-24(25)30(46)47/h2-11,14-17,41,45,48H,1,12-13H2,(H,46,47)(H,53,54,55)(H2,36,37,38,39,40)/b43-29-,44-42?. The Bertz CT molecular complexity index is 2890. The number of anilines is 5. The second-order valence-corrected chi connectivity index (χ2v) is 18.5. The van der Waals surface area contributed by atoms with Crippen LogP contribution in [0.4, 0.5) is 34.6 Å². The maximum atomic E-state index is 12.6. The maximum Gasteiger partial charge on any atom is 0.337 e. The Balaban J connectivity index is 1.57. The number of aromatic hydroxyl groups is 1. The van der Waals surface area contributed by atoms with Crippen LogP contribution in [0.1, 0.15) is 15.9 Å². The van der Waals surface area contributed by atoms with Crippen LogP contribution in [0.25, 0.3) is 0 Å². The number of carboxylic acid groups (broad SMARTS) is 1. The van der Waals surface area contributed by atoms with Crippen LogP contribution in [0, 0.1) is 0 Å². The lowest BCUT2D eigenvalue weighted by atomic mass is 10.2. The summed E-state index contributed by atoms with van der Waals surface area (Å²) in [4.78, 5) is 23.1. The van der Waals surface area contributed by atoms with Gasteiger partial charge in [-0.3, -0.25) is 9.98 Å². The van der Waals surface area contributed by atoms with Crippen molar-refractivity contribution in [3.05, 3.63) is 107 Å². The Hall–Kier alpha value is -5.81. The van der Waals surface area contributed by atoms with Crippen molar-refractivity contribution >= 4 is 111 Å². The van der Waals surface area contributed by atoms with Gasteiger partial charge in [0.25, 0.3) is 10.1 Å². The number of aromatic carboxylic acids is 1. The Kier molecular flexibility index (Phi) is 14.9. The normalized spacial score (nSPS) is 12.3. The van der Waals surface area contributed by atoms with Crippen molar-refractivity contribution in [1.82, 2.24) is 15.0 Å². The van der Waals surface area contributed by atoms with Crippen LogP contribution in [0.3, 0.4) is 0 Å². The van der Waals surface area contributed by atoms with Crippen LogP contribution in [0.5, 0.6) is 5.75 Å². The summed E-state index contributed by atoms with van der Waals surface area (Å²) in [5, 5.41) is 50.9. The Morgan fingerprint density at radius 3 is 2.23 bits per heavy atom. The Labute approximate surface area is 359 Å². The van der Waals surface area contributed by atoms with E-state index in [1.807, 2.05) is 0 Å². The molecule has 5 rings (SSSR count). The van der Waals surface area contributed by atoms with E-state index < -0.39 is 74.8 Å². The number of halogens is 2. The lowest BCUT2D eigenvalue weighted by molar-refractivity contribution is -0.432. The van der Waals surface area contributed by atoms with Crippen LogP contribution in [0.2, 0.25) is 5.28 Å². The molecule has 1 heterocycles. The second kappa shape index (κ2) is 19.7. The highest BCUT2D eigenvalue weighted by molar-refractivity contribution is 7.94. The molecule has 0 saturated heterocycles. The van der Waals surface area contributed by atoms with Gasteiger partial charge in [-0.2, -0.15) is 28.5 Å². The van der Waals surface area contributed by atoms with Gasteiger partial charge in [0.05, 0.1) is 49.4 Å².